The standard InChI is InChI=1S/C16H18N4O2/c1-11-6-9-18-16(19-11)22-14-4-2-13(3-5-14)20-15(21)12-7-8-17-10-12/h2-6,9,12,17H,7-8,10H2,1H3,(H,20,21). The van der Waals surface area contributed by atoms with Crippen LogP contribution in [0.25, 0.3) is 0 Å². The van der Waals surface area contributed by atoms with Gasteiger partial charge in [0, 0.05) is 24.1 Å². The second-order valence-corrected chi connectivity index (χ2v) is 5.29. The lowest BCUT2D eigenvalue weighted by molar-refractivity contribution is -0.119. The number of carbonyl (C=O) groups excluding carboxylic acids is 1. The normalized spacial score (nSPS) is 17.2. The number of nitrogens with one attached hydrogen (secondary N) is 2. The van der Waals surface area contributed by atoms with Gasteiger partial charge in [-0.15, -0.1) is 0 Å². The van der Waals surface area contributed by atoms with Gasteiger partial charge in [0.25, 0.3) is 0 Å². The Kier molecular flexibility index (Phi) is 4.29. The zero-order valence-corrected chi connectivity index (χ0v) is 12.4. The van der Waals surface area contributed by atoms with Gasteiger partial charge in [0.15, 0.2) is 0 Å². The van der Waals surface area contributed by atoms with Crippen LogP contribution in [0.5, 0.6) is 11.8 Å². The Bertz CT molecular complexity index is 651. The van der Waals surface area contributed by atoms with Crippen LogP contribution in [-0.2, 0) is 4.79 Å². The molecule has 0 spiro atoms. The topological polar surface area (TPSA) is 76.1 Å². The Morgan fingerprint density at radius 3 is 2.82 bits per heavy atom. The monoisotopic (exact) mass is 298 g/mol. The second kappa shape index (κ2) is 6.53. The van der Waals surface area contributed by atoms with Crippen LogP contribution >= 0.6 is 0 Å². The number of aromatic nitrogens is 2. The summed E-state index contributed by atoms with van der Waals surface area (Å²) in [6.07, 6.45) is 2.54. The number of anilines is 1. The van der Waals surface area contributed by atoms with E-state index in [4.69, 9.17) is 4.74 Å². The van der Waals surface area contributed by atoms with E-state index in [1.807, 2.05) is 25.1 Å². The molecule has 1 aliphatic rings. The molecule has 6 heteroatoms. The molecule has 114 valence electrons. The van der Waals surface area contributed by atoms with Crippen molar-refractivity contribution in [3.05, 3.63) is 42.2 Å². The molecule has 1 atom stereocenters. The van der Waals surface area contributed by atoms with Crippen molar-refractivity contribution in [3.63, 3.8) is 0 Å². The minimum atomic E-state index is 0.0524. The zero-order valence-electron chi connectivity index (χ0n) is 12.4. The molecule has 2 aromatic rings. The van der Waals surface area contributed by atoms with Crippen molar-refractivity contribution < 1.29 is 9.53 Å². The Balaban J connectivity index is 1.61. The maximum atomic E-state index is 12.0. The van der Waals surface area contributed by atoms with Gasteiger partial charge in [-0.3, -0.25) is 4.79 Å². The van der Waals surface area contributed by atoms with Crippen LogP contribution in [0.2, 0.25) is 0 Å². The van der Waals surface area contributed by atoms with Gasteiger partial charge in [-0.2, -0.15) is 0 Å². The molecule has 1 fully saturated rings. The van der Waals surface area contributed by atoms with Crippen LogP contribution in [0.1, 0.15) is 12.1 Å². The van der Waals surface area contributed by atoms with E-state index in [9.17, 15) is 4.79 Å². The molecule has 0 aliphatic carbocycles. The summed E-state index contributed by atoms with van der Waals surface area (Å²) < 4.78 is 5.57. The lowest BCUT2D eigenvalue weighted by atomic mass is 10.1. The molecule has 2 N–H and O–H groups in total. The average molecular weight is 298 g/mol. The van der Waals surface area contributed by atoms with E-state index in [-0.39, 0.29) is 11.8 Å². The highest BCUT2D eigenvalue weighted by Gasteiger charge is 2.22. The van der Waals surface area contributed by atoms with Crippen molar-refractivity contribution >= 4 is 11.6 Å². The van der Waals surface area contributed by atoms with Crippen molar-refractivity contribution in [2.75, 3.05) is 18.4 Å². The molecular formula is C16H18N4O2. The molecule has 1 saturated heterocycles. The summed E-state index contributed by atoms with van der Waals surface area (Å²) in [5.74, 6) is 0.739. The molecule has 6 nitrogen and oxygen atoms in total. The zero-order chi connectivity index (χ0) is 15.4. The lowest BCUT2D eigenvalue weighted by Crippen LogP contribution is -2.24. The average Bonchev–Trinajstić information content (AvgIpc) is 3.04. The van der Waals surface area contributed by atoms with E-state index >= 15 is 0 Å². The van der Waals surface area contributed by atoms with Crippen LogP contribution in [0.15, 0.2) is 36.5 Å². The first kappa shape index (κ1) is 14.5. The van der Waals surface area contributed by atoms with Gasteiger partial charge in [-0.25, -0.2) is 9.97 Å². The quantitative estimate of drug-likeness (QED) is 0.904. The highest BCUT2D eigenvalue weighted by atomic mass is 16.5. The Labute approximate surface area is 128 Å². The number of benzene rings is 1. The number of ether oxygens (including phenoxy) is 1. The van der Waals surface area contributed by atoms with Gasteiger partial charge in [0.2, 0.25) is 5.91 Å². The highest BCUT2D eigenvalue weighted by Crippen LogP contribution is 2.21. The summed E-state index contributed by atoms with van der Waals surface area (Å²) in [5, 5.41) is 6.10. The molecule has 2 heterocycles. The summed E-state index contributed by atoms with van der Waals surface area (Å²) >= 11 is 0. The maximum absolute atomic E-state index is 12.0. The number of hydrogen-bond acceptors (Lipinski definition) is 5. The molecule has 0 bridgehead atoms. The van der Waals surface area contributed by atoms with Gasteiger partial charge < -0.3 is 15.4 Å². The van der Waals surface area contributed by atoms with Crippen LogP contribution in [0.3, 0.4) is 0 Å². The van der Waals surface area contributed by atoms with Crippen molar-refractivity contribution in [3.8, 4) is 11.8 Å². The van der Waals surface area contributed by atoms with E-state index in [1.165, 1.54) is 0 Å². The lowest BCUT2D eigenvalue weighted by Gasteiger charge is -2.10. The predicted octanol–water partition coefficient (Wildman–Crippen LogP) is 2.13. The molecule has 1 amide bonds. The van der Waals surface area contributed by atoms with Crippen LogP contribution < -0.4 is 15.4 Å². The van der Waals surface area contributed by atoms with Gasteiger partial charge in [0.1, 0.15) is 5.75 Å². The van der Waals surface area contributed by atoms with E-state index in [0.29, 0.717) is 11.8 Å². The fourth-order valence-corrected chi connectivity index (χ4v) is 2.31. The minimum absolute atomic E-state index is 0.0524. The van der Waals surface area contributed by atoms with Crippen LogP contribution in [0.4, 0.5) is 5.69 Å². The number of amides is 1. The van der Waals surface area contributed by atoms with Crippen molar-refractivity contribution in [2.45, 2.75) is 13.3 Å². The second-order valence-electron chi connectivity index (χ2n) is 5.29. The minimum Gasteiger partial charge on any atom is -0.424 e. The summed E-state index contributed by atoms with van der Waals surface area (Å²) in [5.41, 5.74) is 1.61. The molecule has 0 saturated carbocycles. The molecule has 0 radical (unpaired) electrons. The number of hydrogen-bond donors (Lipinski definition) is 2. The summed E-state index contributed by atoms with van der Waals surface area (Å²) in [7, 11) is 0. The van der Waals surface area contributed by atoms with E-state index in [2.05, 4.69) is 20.6 Å². The molecule has 1 unspecified atom stereocenters. The van der Waals surface area contributed by atoms with Gasteiger partial charge in [-0.1, -0.05) is 0 Å². The fraction of sp³-hybridized carbons (Fsp3) is 0.312. The molecular weight excluding hydrogens is 280 g/mol. The third-order valence-electron chi connectivity index (χ3n) is 3.53. The number of carbonyl (C=O) groups is 1. The van der Waals surface area contributed by atoms with Crippen LogP contribution in [-0.4, -0.2) is 29.0 Å². The first-order valence-electron chi connectivity index (χ1n) is 7.30. The molecule has 1 aromatic carbocycles. The van der Waals surface area contributed by atoms with Crippen molar-refractivity contribution in [1.82, 2.24) is 15.3 Å². The van der Waals surface area contributed by atoms with Crippen LogP contribution in [0, 0.1) is 12.8 Å². The third-order valence-corrected chi connectivity index (χ3v) is 3.53. The van der Waals surface area contributed by atoms with Gasteiger partial charge in [0.05, 0.1) is 5.92 Å². The molecule has 1 aliphatic heterocycles. The predicted molar refractivity (Wildman–Crippen MR) is 82.9 cm³/mol. The van der Waals surface area contributed by atoms with E-state index < -0.39 is 0 Å². The van der Waals surface area contributed by atoms with Gasteiger partial charge in [-0.05, 0) is 50.2 Å². The van der Waals surface area contributed by atoms with Gasteiger partial charge >= 0.3 is 6.01 Å². The molecule has 22 heavy (non-hydrogen) atoms. The van der Waals surface area contributed by atoms with E-state index in [0.717, 1.165) is 30.9 Å². The summed E-state index contributed by atoms with van der Waals surface area (Å²) in [4.78, 5) is 20.3. The Morgan fingerprint density at radius 2 is 2.14 bits per heavy atom. The Morgan fingerprint density at radius 1 is 1.32 bits per heavy atom. The smallest absolute Gasteiger partial charge is 0.322 e. The summed E-state index contributed by atoms with van der Waals surface area (Å²) in [6, 6.07) is 9.32. The molecule has 1 aromatic heterocycles. The Hall–Kier alpha value is -2.47. The number of nitrogens with zero attached hydrogens (tertiary/aromatic N) is 2. The largest absolute Gasteiger partial charge is 0.424 e. The summed E-state index contributed by atoms with van der Waals surface area (Å²) in [6.45, 7) is 3.53. The SMILES string of the molecule is Cc1ccnc(Oc2ccc(NC(=O)C3CCNC3)cc2)n1. The van der Waals surface area contributed by atoms with Crippen molar-refractivity contribution in [1.29, 1.82) is 0 Å². The van der Waals surface area contributed by atoms with E-state index in [1.54, 1.807) is 18.3 Å². The number of aryl methyl sites for hydroxylation is 1. The maximum Gasteiger partial charge on any atom is 0.322 e. The third kappa shape index (κ3) is 3.59. The first-order chi connectivity index (χ1) is 10.7. The first-order valence-corrected chi connectivity index (χ1v) is 7.30. The molecule has 3 rings (SSSR count). The highest BCUT2D eigenvalue weighted by molar-refractivity contribution is 5.92. The fourth-order valence-electron chi connectivity index (χ4n) is 2.31. The van der Waals surface area contributed by atoms with Crippen molar-refractivity contribution in [2.24, 2.45) is 5.92 Å². The number of rotatable bonds is 4.